The third kappa shape index (κ3) is 2.84. The molecular formula is C21H21N3O. The molecule has 0 fully saturated rings. The third-order valence-electron chi connectivity index (χ3n) is 4.50. The monoisotopic (exact) mass is 331 g/mol. The zero-order chi connectivity index (χ0) is 17.6. The number of aromatic amines is 1. The van der Waals surface area contributed by atoms with E-state index in [0.29, 0.717) is 11.6 Å². The summed E-state index contributed by atoms with van der Waals surface area (Å²) in [5.74, 6) is 1.35. The van der Waals surface area contributed by atoms with Crippen LogP contribution in [0.3, 0.4) is 0 Å². The molecule has 1 N–H and O–H groups in total. The predicted octanol–water partition coefficient (Wildman–Crippen LogP) is 5.49. The summed E-state index contributed by atoms with van der Waals surface area (Å²) in [4.78, 5) is 7.95. The minimum atomic E-state index is 0.139. The molecular weight excluding hydrogens is 310 g/mol. The summed E-state index contributed by atoms with van der Waals surface area (Å²) >= 11 is 0. The Morgan fingerprint density at radius 3 is 2.44 bits per heavy atom. The maximum atomic E-state index is 5.53. The number of fused-ring (bicyclic) bond motifs is 1. The molecule has 126 valence electrons. The SMILES string of the molecule is Cc1cccc2[nH]c(-c3cc(-c4ccc(C(C)(C)C)cc4)no3)nc12. The van der Waals surface area contributed by atoms with Gasteiger partial charge in [-0.1, -0.05) is 62.3 Å². The van der Waals surface area contributed by atoms with Gasteiger partial charge in [0.2, 0.25) is 5.76 Å². The molecule has 0 spiro atoms. The first kappa shape index (κ1) is 15.6. The molecule has 4 aromatic rings. The number of rotatable bonds is 2. The molecule has 0 atom stereocenters. The quantitative estimate of drug-likeness (QED) is 0.528. The van der Waals surface area contributed by atoms with Crippen molar-refractivity contribution in [2.45, 2.75) is 33.1 Å². The van der Waals surface area contributed by atoms with Crippen LogP contribution in [0, 0.1) is 6.92 Å². The summed E-state index contributed by atoms with van der Waals surface area (Å²) in [6.07, 6.45) is 0. The van der Waals surface area contributed by atoms with Gasteiger partial charge in [-0.25, -0.2) is 4.98 Å². The van der Waals surface area contributed by atoms with Crippen molar-refractivity contribution in [2.75, 3.05) is 0 Å². The summed E-state index contributed by atoms with van der Waals surface area (Å²) in [6.45, 7) is 8.68. The summed E-state index contributed by atoms with van der Waals surface area (Å²) < 4.78 is 5.53. The largest absolute Gasteiger partial charge is 0.352 e. The molecule has 2 aromatic carbocycles. The maximum Gasteiger partial charge on any atom is 0.202 e. The molecule has 4 nitrogen and oxygen atoms in total. The number of imidazole rings is 1. The van der Waals surface area contributed by atoms with E-state index >= 15 is 0 Å². The highest BCUT2D eigenvalue weighted by atomic mass is 16.5. The van der Waals surface area contributed by atoms with Crippen LogP contribution in [0.4, 0.5) is 0 Å². The first-order valence-corrected chi connectivity index (χ1v) is 8.45. The molecule has 4 heteroatoms. The summed E-state index contributed by atoms with van der Waals surface area (Å²) in [5.41, 5.74) is 6.39. The first-order valence-electron chi connectivity index (χ1n) is 8.45. The number of H-pyrrole nitrogens is 1. The van der Waals surface area contributed by atoms with Crippen molar-refractivity contribution in [3.8, 4) is 22.8 Å². The Kier molecular flexibility index (Phi) is 3.49. The number of para-hydroxylation sites is 1. The number of hydrogen-bond acceptors (Lipinski definition) is 3. The maximum absolute atomic E-state index is 5.53. The Bertz CT molecular complexity index is 1030. The Morgan fingerprint density at radius 1 is 1.00 bits per heavy atom. The molecule has 0 radical (unpaired) electrons. The van der Waals surface area contributed by atoms with Crippen molar-refractivity contribution < 1.29 is 4.52 Å². The second-order valence-electron chi connectivity index (χ2n) is 7.46. The molecule has 0 aliphatic rings. The lowest BCUT2D eigenvalue weighted by molar-refractivity contribution is 0.432. The van der Waals surface area contributed by atoms with Gasteiger partial charge in [-0.2, -0.15) is 0 Å². The van der Waals surface area contributed by atoms with Gasteiger partial charge in [-0.3, -0.25) is 0 Å². The molecule has 0 amide bonds. The van der Waals surface area contributed by atoms with Crippen LogP contribution in [0.2, 0.25) is 0 Å². The van der Waals surface area contributed by atoms with E-state index in [1.807, 2.05) is 18.2 Å². The number of hydrogen-bond donors (Lipinski definition) is 1. The number of nitrogens with one attached hydrogen (secondary N) is 1. The van der Waals surface area contributed by atoms with Gasteiger partial charge >= 0.3 is 0 Å². The Hall–Kier alpha value is -2.88. The van der Waals surface area contributed by atoms with Crippen molar-refractivity contribution in [3.63, 3.8) is 0 Å². The van der Waals surface area contributed by atoms with Gasteiger partial charge in [0.15, 0.2) is 5.82 Å². The molecule has 0 saturated carbocycles. The van der Waals surface area contributed by atoms with Gasteiger partial charge in [-0.15, -0.1) is 0 Å². The first-order chi connectivity index (χ1) is 11.9. The molecule has 4 rings (SSSR count). The van der Waals surface area contributed by atoms with Crippen molar-refractivity contribution in [3.05, 3.63) is 59.7 Å². The third-order valence-corrected chi connectivity index (χ3v) is 4.50. The van der Waals surface area contributed by atoms with Crippen LogP contribution in [0.5, 0.6) is 0 Å². The van der Waals surface area contributed by atoms with Crippen molar-refractivity contribution >= 4 is 11.0 Å². The van der Waals surface area contributed by atoms with Crippen LogP contribution in [0.15, 0.2) is 53.1 Å². The van der Waals surface area contributed by atoms with E-state index in [0.717, 1.165) is 27.9 Å². The van der Waals surface area contributed by atoms with Crippen LogP contribution in [-0.4, -0.2) is 15.1 Å². The van der Waals surface area contributed by atoms with E-state index in [1.54, 1.807) is 0 Å². The topological polar surface area (TPSA) is 54.7 Å². The van der Waals surface area contributed by atoms with Crippen molar-refractivity contribution in [2.24, 2.45) is 0 Å². The molecule has 0 unspecified atom stereocenters. The minimum absolute atomic E-state index is 0.139. The second kappa shape index (κ2) is 5.59. The van der Waals surface area contributed by atoms with Crippen LogP contribution < -0.4 is 0 Å². The number of aromatic nitrogens is 3. The molecule has 0 aliphatic carbocycles. The van der Waals surface area contributed by atoms with E-state index in [2.05, 4.69) is 73.2 Å². The Labute approximate surface area is 146 Å². The average molecular weight is 331 g/mol. The van der Waals surface area contributed by atoms with E-state index in [1.165, 1.54) is 5.56 Å². The van der Waals surface area contributed by atoms with Gasteiger partial charge in [0.25, 0.3) is 0 Å². The van der Waals surface area contributed by atoms with E-state index < -0.39 is 0 Å². The van der Waals surface area contributed by atoms with Crippen molar-refractivity contribution in [1.82, 2.24) is 15.1 Å². The number of benzene rings is 2. The average Bonchev–Trinajstić information content (AvgIpc) is 3.21. The minimum Gasteiger partial charge on any atom is -0.352 e. The van der Waals surface area contributed by atoms with Crippen LogP contribution >= 0.6 is 0 Å². The standard InChI is InChI=1S/C21H21N3O/c1-13-6-5-7-16-19(13)23-20(22-16)18-12-17(24-25-18)14-8-10-15(11-9-14)21(2,3)4/h5-12H,1-4H3,(H,22,23). The summed E-state index contributed by atoms with van der Waals surface area (Å²) in [6, 6.07) is 16.5. The van der Waals surface area contributed by atoms with Gasteiger partial charge in [0.1, 0.15) is 5.69 Å². The molecule has 2 aromatic heterocycles. The molecule has 0 aliphatic heterocycles. The highest BCUT2D eigenvalue weighted by Gasteiger charge is 2.16. The Balaban J connectivity index is 1.68. The van der Waals surface area contributed by atoms with E-state index in [-0.39, 0.29) is 5.41 Å². The zero-order valence-corrected chi connectivity index (χ0v) is 14.9. The molecule has 2 heterocycles. The Morgan fingerprint density at radius 2 is 1.76 bits per heavy atom. The fourth-order valence-corrected chi connectivity index (χ4v) is 2.96. The zero-order valence-electron chi connectivity index (χ0n) is 14.9. The summed E-state index contributed by atoms with van der Waals surface area (Å²) in [7, 11) is 0. The number of nitrogens with zero attached hydrogens (tertiary/aromatic N) is 2. The second-order valence-corrected chi connectivity index (χ2v) is 7.46. The van der Waals surface area contributed by atoms with E-state index in [9.17, 15) is 0 Å². The molecule has 0 saturated heterocycles. The predicted molar refractivity (Wildman–Crippen MR) is 100 cm³/mol. The number of aryl methyl sites for hydroxylation is 1. The normalized spacial score (nSPS) is 12.0. The van der Waals surface area contributed by atoms with E-state index in [4.69, 9.17) is 4.52 Å². The summed E-state index contributed by atoms with van der Waals surface area (Å²) in [5, 5.41) is 4.21. The molecule has 25 heavy (non-hydrogen) atoms. The van der Waals surface area contributed by atoms with Gasteiger partial charge < -0.3 is 9.51 Å². The van der Waals surface area contributed by atoms with Gasteiger partial charge in [-0.05, 0) is 29.5 Å². The lowest BCUT2D eigenvalue weighted by atomic mass is 9.86. The van der Waals surface area contributed by atoms with Crippen LogP contribution in [0.1, 0.15) is 31.9 Å². The van der Waals surface area contributed by atoms with Gasteiger partial charge in [0.05, 0.1) is 11.0 Å². The lowest BCUT2D eigenvalue weighted by Gasteiger charge is -2.18. The highest BCUT2D eigenvalue weighted by Crippen LogP contribution is 2.29. The van der Waals surface area contributed by atoms with Crippen LogP contribution in [0.25, 0.3) is 33.9 Å². The molecule has 0 bridgehead atoms. The van der Waals surface area contributed by atoms with Crippen molar-refractivity contribution in [1.29, 1.82) is 0 Å². The fourth-order valence-electron chi connectivity index (χ4n) is 2.96. The van der Waals surface area contributed by atoms with Crippen LogP contribution in [-0.2, 0) is 5.41 Å². The van der Waals surface area contributed by atoms with Gasteiger partial charge in [0, 0.05) is 11.6 Å². The highest BCUT2D eigenvalue weighted by molar-refractivity contribution is 5.81. The lowest BCUT2D eigenvalue weighted by Crippen LogP contribution is -2.10. The smallest absolute Gasteiger partial charge is 0.202 e. The fraction of sp³-hybridized carbons (Fsp3) is 0.238.